The zero-order valence-electron chi connectivity index (χ0n) is 19.5. The van der Waals surface area contributed by atoms with Crippen LogP contribution in [-0.4, -0.2) is 28.8 Å². The second-order valence-corrected chi connectivity index (χ2v) is 7.82. The van der Waals surface area contributed by atoms with Crippen molar-refractivity contribution in [3.05, 3.63) is 112 Å². The van der Waals surface area contributed by atoms with Crippen LogP contribution >= 0.6 is 0 Å². The molecule has 1 amide bonds. The summed E-state index contributed by atoms with van der Waals surface area (Å²) < 4.78 is 6.03. The van der Waals surface area contributed by atoms with E-state index in [4.69, 9.17) is 4.74 Å². The maximum absolute atomic E-state index is 13.5. The van der Waals surface area contributed by atoms with Crippen molar-refractivity contribution in [2.75, 3.05) is 7.11 Å². The van der Waals surface area contributed by atoms with E-state index in [1.807, 2.05) is 67.6 Å². The van der Waals surface area contributed by atoms with E-state index in [9.17, 15) is 14.4 Å². The van der Waals surface area contributed by atoms with Crippen LogP contribution in [0.3, 0.4) is 0 Å². The van der Waals surface area contributed by atoms with Gasteiger partial charge in [0.2, 0.25) is 0 Å². The van der Waals surface area contributed by atoms with Crippen LogP contribution in [0.15, 0.2) is 89.7 Å². The Kier molecular flexibility index (Phi) is 7.16. The lowest BCUT2D eigenvalue weighted by molar-refractivity contribution is 0.0600. The summed E-state index contributed by atoms with van der Waals surface area (Å²) in [6.07, 6.45) is 0. The summed E-state index contributed by atoms with van der Waals surface area (Å²) >= 11 is 0. The number of hydrogen-bond donors (Lipinski definition) is 1. The van der Waals surface area contributed by atoms with Crippen molar-refractivity contribution in [1.82, 2.24) is 15.1 Å². The molecule has 7 heteroatoms. The minimum atomic E-state index is -0.493. The van der Waals surface area contributed by atoms with Gasteiger partial charge in [0, 0.05) is 24.2 Å². The molecule has 1 N–H and O–H groups in total. The van der Waals surface area contributed by atoms with Gasteiger partial charge in [0.15, 0.2) is 0 Å². The number of carbonyl (C=O) groups excluding carboxylic acids is 2. The average Bonchev–Trinajstić information content (AvgIpc) is 2.92. The van der Waals surface area contributed by atoms with Crippen LogP contribution in [0.5, 0.6) is 0 Å². The predicted octanol–water partition coefficient (Wildman–Crippen LogP) is 4.31. The number of nitrogens with one attached hydrogen (secondary N) is 1. The molecule has 1 heterocycles. The maximum Gasteiger partial charge on any atom is 0.337 e. The number of aryl methyl sites for hydroxylation is 1. The van der Waals surface area contributed by atoms with E-state index in [1.165, 1.54) is 11.8 Å². The van der Waals surface area contributed by atoms with Gasteiger partial charge in [0.25, 0.3) is 11.5 Å². The number of nitrogens with zero attached hydrogens (tertiary/aromatic N) is 2. The van der Waals surface area contributed by atoms with Gasteiger partial charge in [-0.05, 0) is 30.2 Å². The Balaban J connectivity index is 1.77. The third-order valence-corrected chi connectivity index (χ3v) is 5.62. The van der Waals surface area contributed by atoms with Crippen LogP contribution in [0.2, 0.25) is 0 Å². The molecular formula is C28H25N3O4. The fourth-order valence-electron chi connectivity index (χ4n) is 3.83. The summed E-state index contributed by atoms with van der Waals surface area (Å²) in [7, 11) is 1.32. The molecule has 0 atom stereocenters. The number of ether oxygens (including phenoxy) is 1. The van der Waals surface area contributed by atoms with Gasteiger partial charge in [0.05, 0.1) is 18.4 Å². The van der Waals surface area contributed by atoms with Gasteiger partial charge in [-0.15, -0.1) is 0 Å². The molecule has 0 spiro atoms. The number of rotatable bonds is 7. The van der Waals surface area contributed by atoms with E-state index in [0.29, 0.717) is 23.4 Å². The molecule has 0 aliphatic heterocycles. The highest BCUT2D eigenvalue weighted by molar-refractivity contribution is 6.03. The molecule has 4 rings (SSSR count). The Bertz CT molecular complexity index is 1400. The first-order valence-electron chi connectivity index (χ1n) is 11.2. The fourth-order valence-corrected chi connectivity index (χ4v) is 3.83. The largest absolute Gasteiger partial charge is 0.465 e. The fraction of sp³-hybridized carbons (Fsp3) is 0.143. The monoisotopic (exact) mass is 467 g/mol. The average molecular weight is 468 g/mol. The van der Waals surface area contributed by atoms with Crippen molar-refractivity contribution in [2.45, 2.75) is 20.0 Å². The van der Waals surface area contributed by atoms with Gasteiger partial charge in [-0.2, -0.15) is 5.10 Å². The van der Waals surface area contributed by atoms with Gasteiger partial charge in [-0.1, -0.05) is 72.8 Å². The SMILES string of the molecule is CCn1nc(-c2ccccc2)c(-c2ccccc2)c(C(=O)NCc2ccc(C(=O)OC)cc2)c1=O. The van der Waals surface area contributed by atoms with Crippen molar-refractivity contribution in [3.63, 3.8) is 0 Å². The molecule has 4 aromatic rings. The molecule has 0 bridgehead atoms. The minimum Gasteiger partial charge on any atom is -0.465 e. The molecule has 3 aromatic carbocycles. The second kappa shape index (κ2) is 10.6. The Labute approximate surface area is 203 Å². The van der Waals surface area contributed by atoms with Crippen LogP contribution in [0.25, 0.3) is 22.4 Å². The van der Waals surface area contributed by atoms with Gasteiger partial charge in [-0.25, -0.2) is 9.48 Å². The first-order valence-corrected chi connectivity index (χ1v) is 11.2. The highest BCUT2D eigenvalue weighted by Crippen LogP contribution is 2.32. The lowest BCUT2D eigenvalue weighted by Gasteiger charge is -2.17. The van der Waals surface area contributed by atoms with Crippen LogP contribution < -0.4 is 10.9 Å². The number of esters is 1. The molecule has 0 radical (unpaired) electrons. The first kappa shape index (κ1) is 23.6. The van der Waals surface area contributed by atoms with Crippen molar-refractivity contribution in [3.8, 4) is 22.4 Å². The molecule has 0 aliphatic rings. The molecular weight excluding hydrogens is 442 g/mol. The van der Waals surface area contributed by atoms with Gasteiger partial charge >= 0.3 is 5.97 Å². The van der Waals surface area contributed by atoms with E-state index in [2.05, 4.69) is 10.4 Å². The lowest BCUT2D eigenvalue weighted by atomic mass is 9.95. The van der Waals surface area contributed by atoms with E-state index in [-0.39, 0.29) is 12.1 Å². The van der Waals surface area contributed by atoms with E-state index in [0.717, 1.165) is 16.7 Å². The summed E-state index contributed by atoms with van der Waals surface area (Å²) in [5, 5.41) is 7.48. The molecule has 176 valence electrons. The van der Waals surface area contributed by atoms with E-state index in [1.54, 1.807) is 24.3 Å². The summed E-state index contributed by atoms with van der Waals surface area (Å²) in [6.45, 7) is 2.32. The highest BCUT2D eigenvalue weighted by Gasteiger charge is 2.24. The molecule has 0 aliphatic carbocycles. The van der Waals surface area contributed by atoms with E-state index < -0.39 is 17.4 Å². The van der Waals surface area contributed by atoms with Crippen LogP contribution in [0, 0.1) is 0 Å². The molecule has 0 saturated heterocycles. The highest BCUT2D eigenvalue weighted by atomic mass is 16.5. The van der Waals surface area contributed by atoms with Crippen molar-refractivity contribution in [2.24, 2.45) is 0 Å². The number of amides is 1. The Morgan fingerprint density at radius 3 is 2.06 bits per heavy atom. The molecule has 7 nitrogen and oxygen atoms in total. The van der Waals surface area contributed by atoms with Crippen LogP contribution in [-0.2, 0) is 17.8 Å². The standard InChI is InChI=1S/C28H25N3O4/c1-3-31-27(33)24(26(32)29-18-19-14-16-22(17-15-19)28(34)35-2)23(20-10-6-4-7-11-20)25(30-31)21-12-8-5-9-13-21/h4-17H,3,18H2,1-2H3,(H,29,32). The van der Waals surface area contributed by atoms with Gasteiger partial charge in [0.1, 0.15) is 5.56 Å². The third kappa shape index (κ3) is 5.04. The van der Waals surface area contributed by atoms with Crippen molar-refractivity contribution >= 4 is 11.9 Å². The van der Waals surface area contributed by atoms with Gasteiger partial charge < -0.3 is 10.1 Å². The maximum atomic E-state index is 13.5. The van der Waals surface area contributed by atoms with Crippen molar-refractivity contribution < 1.29 is 14.3 Å². The van der Waals surface area contributed by atoms with Crippen LogP contribution in [0.4, 0.5) is 0 Å². The number of carbonyl (C=O) groups is 2. The topological polar surface area (TPSA) is 90.3 Å². The number of methoxy groups -OCH3 is 1. The first-order chi connectivity index (χ1) is 17.0. The quantitative estimate of drug-likeness (QED) is 0.409. The second-order valence-electron chi connectivity index (χ2n) is 7.82. The van der Waals surface area contributed by atoms with Gasteiger partial charge in [-0.3, -0.25) is 9.59 Å². The zero-order chi connectivity index (χ0) is 24.8. The lowest BCUT2D eigenvalue weighted by Crippen LogP contribution is -2.35. The number of aromatic nitrogens is 2. The normalized spacial score (nSPS) is 10.6. The molecule has 0 saturated carbocycles. The number of benzene rings is 3. The molecule has 1 aromatic heterocycles. The summed E-state index contributed by atoms with van der Waals surface area (Å²) in [5.41, 5.74) is 3.37. The summed E-state index contributed by atoms with van der Waals surface area (Å²) in [6, 6.07) is 25.6. The molecule has 0 fully saturated rings. The minimum absolute atomic E-state index is 0.0399. The molecule has 0 unspecified atom stereocenters. The smallest absolute Gasteiger partial charge is 0.337 e. The third-order valence-electron chi connectivity index (χ3n) is 5.62. The Morgan fingerprint density at radius 2 is 1.49 bits per heavy atom. The van der Waals surface area contributed by atoms with Crippen LogP contribution in [0.1, 0.15) is 33.2 Å². The van der Waals surface area contributed by atoms with E-state index >= 15 is 0 Å². The molecule has 35 heavy (non-hydrogen) atoms. The van der Waals surface area contributed by atoms with Crippen molar-refractivity contribution in [1.29, 1.82) is 0 Å². The summed E-state index contributed by atoms with van der Waals surface area (Å²) in [4.78, 5) is 38.5. The zero-order valence-corrected chi connectivity index (χ0v) is 19.5. The Morgan fingerprint density at radius 1 is 0.886 bits per heavy atom. The summed E-state index contributed by atoms with van der Waals surface area (Å²) in [5.74, 6) is -0.925. The predicted molar refractivity (Wildman–Crippen MR) is 134 cm³/mol. The Hall–Kier alpha value is -4.52. The number of hydrogen-bond acceptors (Lipinski definition) is 5.